The quantitative estimate of drug-likeness (QED) is 0.839. The van der Waals surface area contributed by atoms with E-state index in [1.807, 2.05) is 46.6 Å². The highest BCUT2D eigenvalue weighted by Gasteiger charge is 2.23. The second-order valence-corrected chi connectivity index (χ2v) is 6.42. The maximum atomic E-state index is 12.4. The number of benzene rings is 1. The molecule has 1 saturated heterocycles. The van der Waals surface area contributed by atoms with E-state index in [-0.39, 0.29) is 5.91 Å². The average Bonchev–Trinajstić information content (AvgIpc) is 3.01. The summed E-state index contributed by atoms with van der Waals surface area (Å²) in [4.78, 5) is 15.8. The minimum Gasteiger partial charge on any atom is -0.339 e. The first kappa shape index (κ1) is 13.4. The number of carbonyl (C=O) groups excluding carboxylic acids is 1. The Bertz CT molecular complexity index is 542. The van der Waals surface area contributed by atoms with E-state index in [1.54, 1.807) is 0 Å². The number of piperidine rings is 1. The molecule has 0 atom stereocenters. The van der Waals surface area contributed by atoms with Gasteiger partial charge in [-0.25, -0.2) is 0 Å². The molecular weight excluding hydrogens is 266 g/mol. The largest absolute Gasteiger partial charge is 0.339 e. The van der Waals surface area contributed by atoms with E-state index in [1.165, 1.54) is 11.3 Å². The molecule has 0 radical (unpaired) electrons. The van der Waals surface area contributed by atoms with Crippen LogP contribution in [0.25, 0.3) is 0 Å². The summed E-state index contributed by atoms with van der Waals surface area (Å²) in [5.41, 5.74) is 0.809. The highest BCUT2D eigenvalue weighted by Crippen LogP contribution is 2.24. The van der Waals surface area contributed by atoms with Crippen LogP contribution in [0.3, 0.4) is 0 Å². The average molecular weight is 285 g/mol. The van der Waals surface area contributed by atoms with E-state index in [0.717, 1.165) is 37.4 Å². The van der Waals surface area contributed by atoms with E-state index in [2.05, 4.69) is 17.5 Å². The van der Waals surface area contributed by atoms with Gasteiger partial charge in [0.2, 0.25) is 0 Å². The van der Waals surface area contributed by atoms with Crippen molar-refractivity contribution in [2.45, 2.75) is 19.3 Å². The highest BCUT2D eigenvalue weighted by atomic mass is 32.1. The highest BCUT2D eigenvalue weighted by molar-refractivity contribution is 7.09. The van der Waals surface area contributed by atoms with E-state index in [4.69, 9.17) is 0 Å². The zero-order valence-corrected chi connectivity index (χ0v) is 12.3. The molecule has 0 unspecified atom stereocenters. The molecule has 0 aliphatic carbocycles. The van der Waals surface area contributed by atoms with Gasteiger partial charge in [-0.3, -0.25) is 4.79 Å². The van der Waals surface area contributed by atoms with Crippen LogP contribution in [0.2, 0.25) is 0 Å². The summed E-state index contributed by atoms with van der Waals surface area (Å²) in [7, 11) is 0. The monoisotopic (exact) mass is 285 g/mol. The van der Waals surface area contributed by atoms with Crippen molar-refractivity contribution in [2.24, 2.45) is 5.92 Å². The molecule has 20 heavy (non-hydrogen) atoms. The standard InChI is InChI=1S/C17H19NOS/c19-17(15-5-2-1-3-6-15)18-10-8-14(9-11-18)13-16-7-4-12-20-16/h1-7,12,14H,8-11,13H2. The lowest BCUT2D eigenvalue weighted by Gasteiger charge is -2.32. The molecule has 1 aliphatic rings. The van der Waals surface area contributed by atoms with Crippen molar-refractivity contribution >= 4 is 17.2 Å². The molecule has 1 fully saturated rings. The predicted molar refractivity (Wildman–Crippen MR) is 83.1 cm³/mol. The van der Waals surface area contributed by atoms with E-state index in [9.17, 15) is 4.79 Å². The van der Waals surface area contributed by atoms with Crippen molar-refractivity contribution in [1.82, 2.24) is 4.90 Å². The van der Waals surface area contributed by atoms with Crippen molar-refractivity contribution < 1.29 is 4.79 Å². The summed E-state index contributed by atoms with van der Waals surface area (Å²) < 4.78 is 0. The molecule has 1 aromatic carbocycles. The molecule has 1 aromatic heterocycles. The van der Waals surface area contributed by atoms with Crippen LogP contribution >= 0.6 is 11.3 Å². The minimum absolute atomic E-state index is 0.181. The van der Waals surface area contributed by atoms with Crippen LogP contribution in [0.5, 0.6) is 0 Å². The normalized spacial score (nSPS) is 16.3. The first-order chi connectivity index (χ1) is 9.83. The van der Waals surface area contributed by atoms with Crippen LogP contribution in [0, 0.1) is 5.92 Å². The Balaban J connectivity index is 1.55. The SMILES string of the molecule is O=C(c1ccccc1)N1CCC(Cc2cccs2)CC1. The van der Waals surface area contributed by atoms with Crippen molar-refractivity contribution in [2.75, 3.05) is 13.1 Å². The maximum absolute atomic E-state index is 12.4. The van der Waals surface area contributed by atoms with Crippen molar-refractivity contribution in [3.05, 3.63) is 58.3 Å². The lowest BCUT2D eigenvalue weighted by Crippen LogP contribution is -2.38. The number of hydrogen-bond donors (Lipinski definition) is 0. The zero-order valence-electron chi connectivity index (χ0n) is 11.5. The number of rotatable bonds is 3. The number of thiophene rings is 1. The van der Waals surface area contributed by atoms with Gasteiger partial charge < -0.3 is 4.90 Å². The Morgan fingerprint density at radius 2 is 1.85 bits per heavy atom. The van der Waals surface area contributed by atoms with Crippen molar-refractivity contribution in [3.8, 4) is 0 Å². The van der Waals surface area contributed by atoms with Gasteiger partial charge in [0.05, 0.1) is 0 Å². The number of amides is 1. The van der Waals surface area contributed by atoms with Gasteiger partial charge in [0.25, 0.3) is 5.91 Å². The number of nitrogens with zero attached hydrogens (tertiary/aromatic N) is 1. The van der Waals surface area contributed by atoms with Crippen molar-refractivity contribution in [3.63, 3.8) is 0 Å². The predicted octanol–water partition coefficient (Wildman–Crippen LogP) is 3.84. The smallest absolute Gasteiger partial charge is 0.253 e. The van der Waals surface area contributed by atoms with Gasteiger partial charge in [-0.2, -0.15) is 0 Å². The molecule has 0 N–H and O–H groups in total. The molecule has 3 heteroatoms. The first-order valence-corrected chi connectivity index (χ1v) is 8.07. The Labute approximate surface area is 124 Å². The number of likely N-dealkylation sites (tertiary alicyclic amines) is 1. The molecule has 104 valence electrons. The van der Waals surface area contributed by atoms with Gasteiger partial charge in [0, 0.05) is 23.5 Å². The fourth-order valence-electron chi connectivity index (χ4n) is 2.82. The molecule has 2 heterocycles. The summed E-state index contributed by atoms with van der Waals surface area (Å²) in [6.07, 6.45) is 3.41. The molecule has 2 nitrogen and oxygen atoms in total. The Hall–Kier alpha value is -1.61. The fourth-order valence-corrected chi connectivity index (χ4v) is 3.64. The second-order valence-electron chi connectivity index (χ2n) is 5.39. The van der Waals surface area contributed by atoms with Gasteiger partial charge in [-0.1, -0.05) is 24.3 Å². The minimum atomic E-state index is 0.181. The third kappa shape index (κ3) is 3.10. The van der Waals surface area contributed by atoms with E-state index < -0.39 is 0 Å². The van der Waals surface area contributed by atoms with Gasteiger partial charge >= 0.3 is 0 Å². The van der Waals surface area contributed by atoms with Crippen LogP contribution < -0.4 is 0 Å². The number of carbonyl (C=O) groups is 1. The summed E-state index contributed by atoms with van der Waals surface area (Å²) >= 11 is 1.84. The van der Waals surface area contributed by atoms with Gasteiger partial charge in [0.1, 0.15) is 0 Å². The van der Waals surface area contributed by atoms with Crippen molar-refractivity contribution in [1.29, 1.82) is 0 Å². The van der Waals surface area contributed by atoms with E-state index >= 15 is 0 Å². The van der Waals surface area contributed by atoms with Crippen LogP contribution in [0.4, 0.5) is 0 Å². The third-order valence-electron chi connectivity index (χ3n) is 3.99. The van der Waals surface area contributed by atoms with Gasteiger partial charge in [-0.05, 0) is 48.8 Å². The molecule has 1 aliphatic heterocycles. The van der Waals surface area contributed by atoms with Crippen LogP contribution in [0.15, 0.2) is 47.8 Å². The Kier molecular flexibility index (Phi) is 4.16. The van der Waals surface area contributed by atoms with Crippen LogP contribution in [0.1, 0.15) is 28.1 Å². The van der Waals surface area contributed by atoms with Crippen LogP contribution in [-0.4, -0.2) is 23.9 Å². The molecule has 0 bridgehead atoms. The first-order valence-electron chi connectivity index (χ1n) is 7.19. The van der Waals surface area contributed by atoms with Gasteiger partial charge in [0.15, 0.2) is 0 Å². The summed E-state index contributed by atoms with van der Waals surface area (Å²) in [5, 5.41) is 2.14. The molecule has 0 spiro atoms. The van der Waals surface area contributed by atoms with E-state index in [0.29, 0.717) is 0 Å². The molecule has 1 amide bonds. The molecular formula is C17H19NOS. The third-order valence-corrected chi connectivity index (χ3v) is 4.89. The Morgan fingerprint density at radius 1 is 1.10 bits per heavy atom. The Morgan fingerprint density at radius 3 is 2.50 bits per heavy atom. The summed E-state index contributed by atoms with van der Waals surface area (Å²) in [6, 6.07) is 13.9. The summed E-state index contributed by atoms with van der Waals surface area (Å²) in [6.45, 7) is 1.79. The number of hydrogen-bond acceptors (Lipinski definition) is 2. The molecule has 3 rings (SSSR count). The lowest BCUT2D eigenvalue weighted by atomic mass is 9.92. The maximum Gasteiger partial charge on any atom is 0.253 e. The molecule has 2 aromatic rings. The summed E-state index contributed by atoms with van der Waals surface area (Å²) in [5.74, 6) is 0.911. The lowest BCUT2D eigenvalue weighted by molar-refractivity contribution is 0.0691. The fraction of sp³-hybridized carbons (Fsp3) is 0.353. The zero-order chi connectivity index (χ0) is 13.8. The van der Waals surface area contributed by atoms with Crippen LogP contribution in [-0.2, 0) is 6.42 Å². The molecule has 0 saturated carbocycles. The van der Waals surface area contributed by atoms with Gasteiger partial charge in [-0.15, -0.1) is 11.3 Å². The second kappa shape index (κ2) is 6.23. The topological polar surface area (TPSA) is 20.3 Å².